The number of aryl methyl sites for hydroxylation is 1. The van der Waals surface area contributed by atoms with Crippen molar-refractivity contribution in [1.29, 1.82) is 0 Å². The molecule has 0 aliphatic carbocycles. The third kappa shape index (κ3) is 2.51. The summed E-state index contributed by atoms with van der Waals surface area (Å²) in [4.78, 5) is 15.0. The molecule has 0 radical (unpaired) electrons. The van der Waals surface area contributed by atoms with Crippen molar-refractivity contribution >= 4 is 22.4 Å². The first-order chi connectivity index (χ1) is 7.66. The number of carboxylic acids is 1. The minimum absolute atomic E-state index is 0.190. The third-order valence-electron chi connectivity index (χ3n) is 2.49. The lowest BCUT2D eigenvalue weighted by atomic mass is 10.2. The Balaban J connectivity index is 1.94. The molecule has 0 spiro atoms. The minimum atomic E-state index is -1.17. The smallest absolute Gasteiger partial charge is 0.183 e. The van der Waals surface area contributed by atoms with Gasteiger partial charge in [0, 0.05) is 13.2 Å². The van der Waals surface area contributed by atoms with E-state index >= 15 is 0 Å². The molecule has 1 aromatic heterocycles. The van der Waals surface area contributed by atoms with Crippen LogP contribution in [0.25, 0.3) is 0 Å². The summed E-state index contributed by atoms with van der Waals surface area (Å²) in [7, 11) is 0. The highest BCUT2D eigenvalue weighted by molar-refractivity contribution is 7.17. The summed E-state index contributed by atoms with van der Waals surface area (Å²) < 4.78 is 5.44. The Morgan fingerprint density at radius 2 is 2.56 bits per heavy atom. The predicted octanol–water partition coefficient (Wildman–Crippen LogP) is 0.406. The molecule has 1 aliphatic heterocycles. The molecule has 0 unspecified atom stereocenters. The molecule has 5 nitrogen and oxygen atoms in total. The van der Waals surface area contributed by atoms with Gasteiger partial charge in [0.25, 0.3) is 0 Å². The monoisotopic (exact) mass is 241 g/mol. The van der Waals surface area contributed by atoms with Crippen LogP contribution in [-0.4, -0.2) is 30.2 Å². The molecule has 6 heteroatoms. The number of carbonyl (C=O) groups is 1. The van der Waals surface area contributed by atoms with Crippen LogP contribution in [0.5, 0.6) is 0 Å². The van der Waals surface area contributed by atoms with Crippen LogP contribution in [0.15, 0.2) is 0 Å². The van der Waals surface area contributed by atoms with Crippen molar-refractivity contribution in [3.05, 3.63) is 10.6 Å². The third-order valence-corrected chi connectivity index (χ3v) is 3.58. The largest absolute Gasteiger partial charge is 0.544 e. The number of rotatable bonds is 4. The van der Waals surface area contributed by atoms with E-state index in [1.807, 2.05) is 0 Å². The molecule has 88 valence electrons. The molecule has 2 heterocycles. The Bertz CT molecular complexity index is 385. The number of anilines is 1. The lowest BCUT2D eigenvalue weighted by molar-refractivity contribution is -0.254. The Labute approximate surface area is 97.5 Å². The first-order valence-corrected chi connectivity index (χ1v) is 6.02. The van der Waals surface area contributed by atoms with Gasteiger partial charge in [0.1, 0.15) is 0 Å². The Morgan fingerprint density at radius 1 is 1.75 bits per heavy atom. The predicted molar refractivity (Wildman–Crippen MR) is 58.6 cm³/mol. The summed E-state index contributed by atoms with van der Waals surface area (Å²) in [6.45, 7) is 3.16. The summed E-state index contributed by atoms with van der Waals surface area (Å²) in [5.74, 6) is -1.17. The maximum Gasteiger partial charge on any atom is 0.183 e. The highest BCUT2D eigenvalue weighted by Gasteiger charge is 2.16. The standard InChI is InChI=1S/C10H14N2O3S/c1-6-8(9(13)14)16-10(12-6)11-5-7-3-2-4-15-7/h7H,2-5H2,1H3,(H,11,12)(H,13,14)/p-1/t7-/m0/s1. The van der Waals surface area contributed by atoms with E-state index in [4.69, 9.17) is 4.74 Å². The second-order valence-corrected chi connectivity index (χ2v) is 4.74. The maximum atomic E-state index is 10.7. The van der Waals surface area contributed by atoms with E-state index in [1.165, 1.54) is 0 Å². The molecule has 1 saturated heterocycles. The van der Waals surface area contributed by atoms with Crippen molar-refractivity contribution in [2.75, 3.05) is 18.5 Å². The van der Waals surface area contributed by atoms with Gasteiger partial charge in [-0.25, -0.2) is 4.98 Å². The van der Waals surface area contributed by atoms with E-state index in [0.29, 0.717) is 17.4 Å². The van der Waals surface area contributed by atoms with Gasteiger partial charge in [-0.15, -0.1) is 0 Å². The van der Waals surface area contributed by atoms with E-state index in [9.17, 15) is 9.90 Å². The lowest BCUT2D eigenvalue weighted by Crippen LogP contribution is -2.21. The molecule has 2 rings (SSSR count). The summed E-state index contributed by atoms with van der Waals surface area (Å²) in [5.41, 5.74) is 0.500. The van der Waals surface area contributed by atoms with Gasteiger partial charge in [-0.1, -0.05) is 11.3 Å². The van der Waals surface area contributed by atoms with E-state index in [-0.39, 0.29) is 11.0 Å². The molecule has 1 aromatic rings. The fourth-order valence-electron chi connectivity index (χ4n) is 1.67. The second-order valence-electron chi connectivity index (χ2n) is 3.74. The second kappa shape index (κ2) is 4.80. The van der Waals surface area contributed by atoms with Crippen molar-refractivity contribution in [1.82, 2.24) is 4.98 Å². The summed E-state index contributed by atoms with van der Waals surface area (Å²) in [6, 6.07) is 0. The Kier molecular flexibility index (Phi) is 3.40. The van der Waals surface area contributed by atoms with Crippen molar-refractivity contribution in [2.24, 2.45) is 0 Å². The summed E-state index contributed by atoms with van der Waals surface area (Å²) in [5, 5.41) is 14.4. The number of nitrogens with zero attached hydrogens (tertiary/aromatic N) is 1. The van der Waals surface area contributed by atoms with Crippen LogP contribution in [-0.2, 0) is 4.74 Å². The summed E-state index contributed by atoms with van der Waals surface area (Å²) >= 11 is 1.11. The fraction of sp³-hybridized carbons (Fsp3) is 0.600. The zero-order chi connectivity index (χ0) is 11.5. The molecule has 0 aromatic carbocycles. The van der Waals surface area contributed by atoms with Gasteiger partial charge >= 0.3 is 0 Å². The normalized spacial score (nSPS) is 19.9. The zero-order valence-corrected chi connectivity index (χ0v) is 9.80. The molecule has 0 amide bonds. The van der Waals surface area contributed by atoms with E-state index in [2.05, 4.69) is 10.3 Å². The van der Waals surface area contributed by atoms with Crippen LogP contribution in [0.3, 0.4) is 0 Å². The lowest BCUT2D eigenvalue weighted by Gasteiger charge is -2.08. The number of carboxylic acid groups (broad SMARTS) is 1. The van der Waals surface area contributed by atoms with Crippen LogP contribution in [0.1, 0.15) is 28.2 Å². The quantitative estimate of drug-likeness (QED) is 0.826. The number of nitrogens with one attached hydrogen (secondary N) is 1. The Hall–Kier alpha value is -1.14. The molecule has 1 aliphatic rings. The van der Waals surface area contributed by atoms with Gasteiger partial charge < -0.3 is 20.0 Å². The van der Waals surface area contributed by atoms with Crippen molar-refractivity contribution in [3.8, 4) is 0 Å². The van der Waals surface area contributed by atoms with Crippen LogP contribution in [0.2, 0.25) is 0 Å². The number of ether oxygens (including phenoxy) is 1. The molecule has 1 N–H and O–H groups in total. The van der Waals surface area contributed by atoms with Gasteiger partial charge in [-0.2, -0.15) is 0 Å². The SMILES string of the molecule is Cc1nc(NC[C@@H]2CCCO2)sc1C(=O)[O-]. The molecular formula is C10H13N2O3S-. The first kappa shape index (κ1) is 11.3. The van der Waals surface area contributed by atoms with Gasteiger partial charge in [0.15, 0.2) is 5.13 Å². The number of aromatic nitrogens is 1. The number of thiazole rings is 1. The highest BCUT2D eigenvalue weighted by Crippen LogP contribution is 2.22. The summed E-state index contributed by atoms with van der Waals surface area (Å²) in [6.07, 6.45) is 2.36. The molecule has 0 saturated carbocycles. The topological polar surface area (TPSA) is 74.3 Å². The van der Waals surface area contributed by atoms with E-state index in [1.54, 1.807) is 6.92 Å². The minimum Gasteiger partial charge on any atom is -0.544 e. The van der Waals surface area contributed by atoms with Crippen LogP contribution in [0.4, 0.5) is 5.13 Å². The molecular weight excluding hydrogens is 228 g/mol. The highest BCUT2D eigenvalue weighted by atomic mass is 32.1. The van der Waals surface area contributed by atoms with Crippen molar-refractivity contribution in [2.45, 2.75) is 25.9 Å². The average molecular weight is 241 g/mol. The molecule has 1 atom stereocenters. The molecule has 1 fully saturated rings. The first-order valence-electron chi connectivity index (χ1n) is 5.21. The van der Waals surface area contributed by atoms with Gasteiger partial charge in [0.2, 0.25) is 0 Å². The number of carbonyl (C=O) groups excluding carboxylic acids is 1. The Morgan fingerprint density at radius 3 is 3.12 bits per heavy atom. The van der Waals surface area contributed by atoms with Crippen LogP contribution < -0.4 is 10.4 Å². The number of aromatic carboxylic acids is 1. The van der Waals surface area contributed by atoms with Crippen LogP contribution >= 0.6 is 11.3 Å². The molecule has 16 heavy (non-hydrogen) atoms. The maximum absolute atomic E-state index is 10.7. The number of hydrogen-bond acceptors (Lipinski definition) is 6. The average Bonchev–Trinajstić information content (AvgIpc) is 2.83. The van der Waals surface area contributed by atoms with Crippen LogP contribution in [0, 0.1) is 6.92 Å². The fourth-order valence-corrected chi connectivity index (χ4v) is 2.48. The zero-order valence-electron chi connectivity index (χ0n) is 8.99. The van der Waals surface area contributed by atoms with Gasteiger partial charge in [-0.3, -0.25) is 0 Å². The number of hydrogen-bond donors (Lipinski definition) is 1. The van der Waals surface area contributed by atoms with E-state index in [0.717, 1.165) is 30.8 Å². The van der Waals surface area contributed by atoms with Gasteiger partial charge in [0.05, 0.1) is 22.6 Å². The van der Waals surface area contributed by atoms with E-state index < -0.39 is 5.97 Å². The molecule has 0 bridgehead atoms. The van der Waals surface area contributed by atoms with Crippen molar-refractivity contribution in [3.63, 3.8) is 0 Å². The van der Waals surface area contributed by atoms with Gasteiger partial charge in [-0.05, 0) is 19.8 Å². The van der Waals surface area contributed by atoms with Crippen molar-refractivity contribution < 1.29 is 14.6 Å².